The number of amides is 1. The van der Waals surface area contributed by atoms with Crippen molar-refractivity contribution in [3.8, 4) is 0 Å². The van der Waals surface area contributed by atoms with Gasteiger partial charge in [0.2, 0.25) is 0 Å². The molecule has 5 nitrogen and oxygen atoms in total. The Kier molecular flexibility index (Phi) is 3.96. The van der Waals surface area contributed by atoms with Crippen molar-refractivity contribution >= 4 is 22.6 Å². The summed E-state index contributed by atoms with van der Waals surface area (Å²) >= 11 is 0. The Bertz CT molecular complexity index is 825. The Morgan fingerprint density at radius 2 is 1.76 bits per heavy atom. The topological polar surface area (TPSA) is 66.8 Å². The first-order valence-electron chi connectivity index (χ1n) is 8.80. The number of carbonyl (C=O) groups is 2. The highest BCUT2D eigenvalue weighted by atomic mass is 16.5. The quantitative estimate of drug-likeness (QED) is 0.910. The summed E-state index contributed by atoms with van der Waals surface area (Å²) in [5.74, 6) is -1.26. The van der Waals surface area contributed by atoms with Crippen molar-refractivity contribution in [2.75, 3.05) is 6.61 Å². The van der Waals surface area contributed by atoms with Crippen LogP contribution < -0.4 is 0 Å². The minimum atomic E-state index is -1.00. The molecule has 1 saturated heterocycles. The minimum Gasteiger partial charge on any atom is -0.480 e. The maximum Gasteiger partial charge on any atom is 0.328 e. The fourth-order valence-electron chi connectivity index (χ4n) is 4.12. The average molecular weight is 339 g/mol. The second kappa shape index (κ2) is 6.15. The van der Waals surface area contributed by atoms with Crippen LogP contribution in [0.5, 0.6) is 0 Å². The highest BCUT2D eigenvalue weighted by molar-refractivity contribution is 6.00. The van der Waals surface area contributed by atoms with Gasteiger partial charge in [-0.2, -0.15) is 0 Å². The number of benzene rings is 2. The van der Waals surface area contributed by atoms with E-state index in [0.717, 1.165) is 30.0 Å². The first kappa shape index (κ1) is 16.1. The first-order chi connectivity index (χ1) is 12.1. The van der Waals surface area contributed by atoms with Crippen LogP contribution in [0, 0.1) is 0 Å². The van der Waals surface area contributed by atoms with Crippen molar-refractivity contribution in [3.63, 3.8) is 0 Å². The highest BCUT2D eigenvalue weighted by Crippen LogP contribution is 2.41. The molecule has 1 N–H and O–H groups in total. The Hall–Kier alpha value is -2.40. The largest absolute Gasteiger partial charge is 0.480 e. The van der Waals surface area contributed by atoms with Gasteiger partial charge in [0.15, 0.2) is 6.04 Å². The number of carboxylic acid groups (broad SMARTS) is 1. The van der Waals surface area contributed by atoms with E-state index in [1.54, 1.807) is 6.07 Å². The average Bonchev–Trinajstić information content (AvgIpc) is 3.00. The molecule has 130 valence electrons. The van der Waals surface area contributed by atoms with Gasteiger partial charge < -0.3 is 9.84 Å². The van der Waals surface area contributed by atoms with Gasteiger partial charge in [-0.25, -0.2) is 4.79 Å². The van der Waals surface area contributed by atoms with Gasteiger partial charge in [0, 0.05) is 5.56 Å². The van der Waals surface area contributed by atoms with E-state index in [4.69, 9.17) is 4.74 Å². The fraction of sp³-hybridized carbons (Fsp3) is 0.400. The normalized spacial score (nSPS) is 22.4. The Labute approximate surface area is 146 Å². The summed E-state index contributed by atoms with van der Waals surface area (Å²) < 4.78 is 5.92. The Morgan fingerprint density at radius 3 is 2.48 bits per heavy atom. The van der Waals surface area contributed by atoms with Gasteiger partial charge in [-0.05, 0) is 48.6 Å². The first-order valence-corrected chi connectivity index (χ1v) is 8.80. The smallest absolute Gasteiger partial charge is 0.328 e. The number of carboxylic acids is 1. The van der Waals surface area contributed by atoms with Crippen molar-refractivity contribution in [2.45, 2.75) is 43.9 Å². The number of ether oxygens (including phenoxy) is 1. The summed E-state index contributed by atoms with van der Waals surface area (Å²) in [4.78, 5) is 26.5. The van der Waals surface area contributed by atoms with E-state index in [1.807, 2.05) is 36.4 Å². The van der Waals surface area contributed by atoms with E-state index < -0.39 is 17.7 Å². The molecule has 2 aliphatic rings. The number of carbonyl (C=O) groups excluding carboxylic acids is 1. The molecule has 0 radical (unpaired) electrons. The maximum atomic E-state index is 13.3. The molecule has 0 bridgehead atoms. The Balaban J connectivity index is 1.74. The molecule has 2 fully saturated rings. The monoisotopic (exact) mass is 339 g/mol. The molecule has 25 heavy (non-hydrogen) atoms. The standard InChI is InChI=1S/C20H21NO4/c22-18(16-9-8-14-6-2-3-7-15(14)12-16)21-17(19(23)24)13-25-20(21)10-4-1-5-11-20/h2-3,6-9,12,17H,1,4-5,10-11,13H2,(H,23,24). The van der Waals surface area contributed by atoms with E-state index in [1.165, 1.54) is 4.90 Å². The van der Waals surface area contributed by atoms with E-state index >= 15 is 0 Å². The summed E-state index contributed by atoms with van der Waals surface area (Å²) in [6.45, 7) is 0.0641. The van der Waals surface area contributed by atoms with Crippen LogP contribution in [0.15, 0.2) is 42.5 Å². The van der Waals surface area contributed by atoms with E-state index in [2.05, 4.69) is 0 Å². The van der Waals surface area contributed by atoms with Crippen LogP contribution in [-0.2, 0) is 9.53 Å². The molecule has 1 unspecified atom stereocenters. The van der Waals surface area contributed by atoms with Crippen molar-refractivity contribution in [1.82, 2.24) is 4.90 Å². The molecular formula is C20H21NO4. The molecule has 0 aromatic heterocycles. The molecule has 1 heterocycles. The summed E-state index contributed by atoms with van der Waals surface area (Å²) in [6, 6.07) is 12.4. The van der Waals surface area contributed by atoms with Gasteiger partial charge in [-0.15, -0.1) is 0 Å². The van der Waals surface area contributed by atoms with Crippen LogP contribution in [0.1, 0.15) is 42.5 Å². The van der Waals surface area contributed by atoms with Crippen LogP contribution in [-0.4, -0.2) is 40.3 Å². The second-order valence-electron chi connectivity index (χ2n) is 6.91. The molecule has 5 heteroatoms. The van der Waals surface area contributed by atoms with Crippen LogP contribution in [0.2, 0.25) is 0 Å². The molecule has 1 aliphatic heterocycles. The molecule has 2 aromatic rings. The lowest BCUT2D eigenvalue weighted by Crippen LogP contribution is -2.54. The van der Waals surface area contributed by atoms with Gasteiger partial charge in [0.1, 0.15) is 5.72 Å². The molecule has 2 aromatic carbocycles. The van der Waals surface area contributed by atoms with Crippen LogP contribution in [0.4, 0.5) is 0 Å². The number of aliphatic carboxylic acids is 1. The number of nitrogens with zero attached hydrogens (tertiary/aromatic N) is 1. The molecule has 1 atom stereocenters. The third-order valence-corrected chi connectivity index (χ3v) is 5.40. The summed E-state index contributed by atoms with van der Waals surface area (Å²) in [5.41, 5.74) is -0.246. The van der Waals surface area contributed by atoms with Gasteiger partial charge in [0.05, 0.1) is 6.61 Å². The molecule has 1 spiro atoms. The van der Waals surface area contributed by atoms with Crippen molar-refractivity contribution in [1.29, 1.82) is 0 Å². The predicted octanol–water partition coefficient (Wildman–Crippen LogP) is 3.43. The van der Waals surface area contributed by atoms with E-state index in [0.29, 0.717) is 18.4 Å². The molecule has 1 aliphatic carbocycles. The summed E-state index contributed by atoms with van der Waals surface area (Å²) in [6.07, 6.45) is 4.41. The second-order valence-corrected chi connectivity index (χ2v) is 6.91. The zero-order valence-corrected chi connectivity index (χ0v) is 14.0. The van der Waals surface area contributed by atoms with E-state index in [-0.39, 0.29) is 12.5 Å². The van der Waals surface area contributed by atoms with Crippen molar-refractivity contribution < 1.29 is 19.4 Å². The van der Waals surface area contributed by atoms with Crippen LogP contribution in [0.3, 0.4) is 0 Å². The third kappa shape index (κ3) is 2.68. The zero-order valence-electron chi connectivity index (χ0n) is 14.0. The zero-order chi connectivity index (χ0) is 17.4. The highest BCUT2D eigenvalue weighted by Gasteiger charge is 2.53. The molecule has 1 amide bonds. The van der Waals surface area contributed by atoms with Gasteiger partial charge >= 0.3 is 5.97 Å². The lowest BCUT2D eigenvalue weighted by atomic mass is 9.89. The number of rotatable bonds is 2. The lowest BCUT2D eigenvalue weighted by molar-refractivity contribution is -0.143. The Morgan fingerprint density at radius 1 is 1.04 bits per heavy atom. The number of fused-ring (bicyclic) bond motifs is 1. The van der Waals surface area contributed by atoms with Crippen LogP contribution in [0.25, 0.3) is 10.8 Å². The van der Waals surface area contributed by atoms with Crippen molar-refractivity contribution in [2.24, 2.45) is 0 Å². The van der Waals surface area contributed by atoms with Crippen LogP contribution >= 0.6 is 0 Å². The predicted molar refractivity (Wildman–Crippen MR) is 93.3 cm³/mol. The van der Waals surface area contributed by atoms with Gasteiger partial charge in [-0.1, -0.05) is 36.8 Å². The maximum absolute atomic E-state index is 13.3. The molecule has 1 saturated carbocycles. The minimum absolute atomic E-state index is 0.0641. The van der Waals surface area contributed by atoms with Gasteiger partial charge in [0.25, 0.3) is 5.91 Å². The summed E-state index contributed by atoms with van der Waals surface area (Å²) in [7, 11) is 0. The fourth-order valence-corrected chi connectivity index (χ4v) is 4.12. The van der Waals surface area contributed by atoms with Crippen molar-refractivity contribution in [3.05, 3.63) is 48.0 Å². The van der Waals surface area contributed by atoms with Gasteiger partial charge in [-0.3, -0.25) is 9.69 Å². The SMILES string of the molecule is O=C(O)C1COC2(CCCCC2)N1C(=O)c1ccc2ccccc2c1. The molecular weight excluding hydrogens is 318 g/mol. The van der Waals surface area contributed by atoms with E-state index in [9.17, 15) is 14.7 Å². The lowest BCUT2D eigenvalue weighted by Gasteiger charge is -2.41. The summed E-state index contributed by atoms with van der Waals surface area (Å²) in [5, 5.41) is 11.6. The third-order valence-electron chi connectivity index (χ3n) is 5.40. The molecule has 4 rings (SSSR count). The number of hydrogen-bond donors (Lipinski definition) is 1. The number of hydrogen-bond acceptors (Lipinski definition) is 3.